The molecule has 0 bridgehead atoms. The minimum atomic E-state index is -0.462. The summed E-state index contributed by atoms with van der Waals surface area (Å²) in [4.78, 5) is 17.8. The number of anilines is 1. The van der Waals surface area contributed by atoms with Crippen molar-refractivity contribution in [3.63, 3.8) is 0 Å². The van der Waals surface area contributed by atoms with Gasteiger partial charge in [0.15, 0.2) is 5.58 Å². The Bertz CT molecular complexity index is 1080. The maximum atomic E-state index is 11.2. The van der Waals surface area contributed by atoms with E-state index >= 15 is 0 Å². The molecule has 8 heteroatoms. The van der Waals surface area contributed by atoms with Gasteiger partial charge in [-0.3, -0.25) is 4.98 Å². The van der Waals surface area contributed by atoms with Crippen LogP contribution in [0, 0.1) is 0 Å². The number of nitrogens with one attached hydrogen (secondary N) is 3. The van der Waals surface area contributed by atoms with E-state index in [1.165, 1.54) is 11.9 Å². The number of hydrogen-bond acceptors (Lipinski definition) is 4. The van der Waals surface area contributed by atoms with Crippen LogP contribution in [0.4, 0.5) is 5.69 Å². The molecule has 0 amide bonds. The van der Waals surface area contributed by atoms with Crippen molar-refractivity contribution in [2.45, 2.75) is 4.90 Å². The van der Waals surface area contributed by atoms with Crippen LogP contribution in [0.15, 0.2) is 50.6 Å². The van der Waals surface area contributed by atoms with Gasteiger partial charge in [0.1, 0.15) is 0 Å². The Morgan fingerprint density at radius 1 is 1.13 bits per heavy atom. The minimum absolute atomic E-state index is 0.462. The molecule has 0 aliphatic carbocycles. The van der Waals surface area contributed by atoms with E-state index in [9.17, 15) is 4.79 Å². The standard InChI is InChI=1S/C15H9Cl2N3O2S/c16-8-2-4-11(14-13(8)9(17)6-18-14)20-23-7-1-3-10-12(5-7)22-15(21)19-10/h1-6,18,20H,(H,19,21). The average Bonchev–Trinajstić information content (AvgIpc) is 3.09. The maximum absolute atomic E-state index is 11.2. The smallest absolute Gasteiger partial charge is 0.408 e. The molecular formula is C15H9Cl2N3O2S. The van der Waals surface area contributed by atoms with Crippen molar-refractivity contribution < 1.29 is 4.42 Å². The highest BCUT2D eigenvalue weighted by atomic mass is 35.5. The van der Waals surface area contributed by atoms with Gasteiger partial charge in [0.25, 0.3) is 0 Å². The van der Waals surface area contributed by atoms with Crippen molar-refractivity contribution in [1.29, 1.82) is 0 Å². The van der Waals surface area contributed by atoms with Crippen LogP contribution >= 0.6 is 35.1 Å². The number of H-pyrrole nitrogens is 2. The third kappa shape index (κ3) is 2.59. The quantitative estimate of drug-likeness (QED) is 0.445. The van der Waals surface area contributed by atoms with E-state index in [1.807, 2.05) is 12.1 Å². The van der Waals surface area contributed by atoms with Gasteiger partial charge in [0.2, 0.25) is 0 Å². The van der Waals surface area contributed by atoms with Crippen LogP contribution in [0.25, 0.3) is 22.0 Å². The van der Waals surface area contributed by atoms with Crippen LogP contribution < -0.4 is 10.5 Å². The van der Waals surface area contributed by atoms with Gasteiger partial charge in [-0.05, 0) is 42.3 Å². The molecule has 5 nitrogen and oxygen atoms in total. The van der Waals surface area contributed by atoms with Gasteiger partial charge in [0.05, 0.1) is 26.8 Å². The summed E-state index contributed by atoms with van der Waals surface area (Å²) in [6.07, 6.45) is 1.70. The van der Waals surface area contributed by atoms with E-state index in [4.69, 9.17) is 27.6 Å². The lowest BCUT2D eigenvalue weighted by Gasteiger charge is -2.07. The van der Waals surface area contributed by atoms with E-state index in [-0.39, 0.29) is 0 Å². The molecule has 0 aliphatic rings. The SMILES string of the molecule is O=c1[nH]c2ccc(SNc3ccc(Cl)c4c(Cl)c[nH]c34)cc2o1. The first kappa shape index (κ1) is 14.6. The lowest BCUT2D eigenvalue weighted by Crippen LogP contribution is -1.92. The molecule has 0 fully saturated rings. The molecule has 0 radical (unpaired) electrons. The summed E-state index contributed by atoms with van der Waals surface area (Å²) in [7, 11) is 0. The number of hydrogen-bond donors (Lipinski definition) is 3. The van der Waals surface area contributed by atoms with Crippen molar-refractivity contribution in [2.75, 3.05) is 4.72 Å². The highest BCUT2D eigenvalue weighted by molar-refractivity contribution is 8.00. The second-order valence-electron chi connectivity index (χ2n) is 4.86. The van der Waals surface area contributed by atoms with Crippen LogP contribution in [-0.2, 0) is 0 Å². The summed E-state index contributed by atoms with van der Waals surface area (Å²) < 4.78 is 8.31. The molecule has 116 valence electrons. The zero-order chi connectivity index (χ0) is 16.0. The second-order valence-corrected chi connectivity index (χ2v) is 6.55. The molecule has 4 aromatic rings. The first-order chi connectivity index (χ1) is 11.1. The number of benzene rings is 2. The predicted octanol–water partition coefficient (Wildman–Crippen LogP) is 5.03. The van der Waals surface area contributed by atoms with Crippen molar-refractivity contribution >= 4 is 62.8 Å². The summed E-state index contributed by atoms with van der Waals surface area (Å²) in [5.41, 5.74) is 2.89. The number of rotatable bonds is 3. The number of aromatic amines is 2. The summed E-state index contributed by atoms with van der Waals surface area (Å²) in [6, 6.07) is 9.15. The van der Waals surface area contributed by atoms with E-state index in [0.717, 1.165) is 21.5 Å². The molecule has 0 aliphatic heterocycles. The predicted molar refractivity (Wildman–Crippen MR) is 94.6 cm³/mol. The first-order valence-electron chi connectivity index (χ1n) is 6.62. The zero-order valence-electron chi connectivity index (χ0n) is 11.4. The van der Waals surface area contributed by atoms with Gasteiger partial charge in [-0.1, -0.05) is 23.2 Å². The van der Waals surface area contributed by atoms with E-state index in [0.29, 0.717) is 21.1 Å². The van der Waals surface area contributed by atoms with Gasteiger partial charge in [0, 0.05) is 16.5 Å². The van der Waals surface area contributed by atoms with E-state index in [1.54, 1.807) is 24.4 Å². The topological polar surface area (TPSA) is 73.8 Å². The minimum Gasteiger partial charge on any atom is -0.408 e. The summed E-state index contributed by atoms with van der Waals surface area (Å²) in [5.74, 6) is -0.462. The van der Waals surface area contributed by atoms with Crippen molar-refractivity contribution in [2.24, 2.45) is 0 Å². The molecule has 0 spiro atoms. The highest BCUT2D eigenvalue weighted by Crippen LogP contribution is 2.36. The Labute approximate surface area is 144 Å². The van der Waals surface area contributed by atoms with E-state index < -0.39 is 5.76 Å². The van der Waals surface area contributed by atoms with E-state index in [2.05, 4.69) is 14.7 Å². The highest BCUT2D eigenvalue weighted by Gasteiger charge is 2.10. The van der Waals surface area contributed by atoms with Gasteiger partial charge >= 0.3 is 5.76 Å². The van der Waals surface area contributed by atoms with Crippen molar-refractivity contribution in [3.8, 4) is 0 Å². The van der Waals surface area contributed by atoms with Crippen LogP contribution in [0.1, 0.15) is 0 Å². The summed E-state index contributed by atoms with van der Waals surface area (Å²) in [5, 5.41) is 1.96. The van der Waals surface area contributed by atoms with Crippen molar-refractivity contribution in [3.05, 3.63) is 57.1 Å². The maximum Gasteiger partial charge on any atom is 0.417 e. The average molecular weight is 366 g/mol. The molecule has 0 atom stereocenters. The molecular weight excluding hydrogens is 357 g/mol. The number of halogens is 2. The Hall–Kier alpha value is -2.02. The van der Waals surface area contributed by atoms with Crippen LogP contribution in [-0.4, -0.2) is 9.97 Å². The Kier molecular flexibility index (Phi) is 3.52. The van der Waals surface area contributed by atoms with Gasteiger partial charge in [-0.25, -0.2) is 4.79 Å². The molecule has 2 heterocycles. The summed E-state index contributed by atoms with van der Waals surface area (Å²) in [6.45, 7) is 0. The molecule has 0 saturated heterocycles. The Morgan fingerprint density at radius 3 is 2.87 bits per heavy atom. The van der Waals surface area contributed by atoms with Crippen LogP contribution in [0.5, 0.6) is 0 Å². The third-order valence-corrected chi connectivity index (χ3v) is 4.83. The fourth-order valence-corrected chi connectivity index (χ4v) is 3.61. The number of oxazole rings is 1. The van der Waals surface area contributed by atoms with Gasteiger partial charge < -0.3 is 14.1 Å². The molecule has 4 rings (SSSR count). The summed E-state index contributed by atoms with van der Waals surface area (Å²) >= 11 is 13.7. The van der Waals surface area contributed by atoms with Gasteiger partial charge in [-0.2, -0.15) is 0 Å². The second kappa shape index (κ2) is 5.56. The lowest BCUT2D eigenvalue weighted by atomic mass is 10.2. The zero-order valence-corrected chi connectivity index (χ0v) is 13.8. The lowest BCUT2D eigenvalue weighted by molar-refractivity contribution is 0.555. The monoisotopic (exact) mass is 365 g/mol. The Balaban J connectivity index is 1.65. The van der Waals surface area contributed by atoms with Crippen LogP contribution in [0.2, 0.25) is 10.0 Å². The van der Waals surface area contributed by atoms with Crippen molar-refractivity contribution in [1.82, 2.24) is 9.97 Å². The first-order valence-corrected chi connectivity index (χ1v) is 8.20. The Morgan fingerprint density at radius 2 is 2.00 bits per heavy atom. The molecule has 0 unspecified atom stereocenters. The molecule has 23 heavy (non-hydrogen) atoms. The number of fused-ring (bicyclic) bond motifs is 2. The fraction of sp³-hybridized carbons (Fsp3) is 0. The molecule has 0 saturated carbocycles. The van der Waals surface area contributed by atoms with Gasteiger partial charge in [-0.15, -0.1) is 0 Å². The molecule has 3 N–H and O–H groups in total. The fourth-order valence-electron chi connectivity index (χ4n) is 2.36. The normalized spacial score (nSPS) is 11.4. The number of aromatic nitrogens is 2. The largest absolute Gasteiger partial charge is 0.417 e. The molecule has 2 aromatic heterocycles. The molecule has 2 aromatic carbocycles. The third-order valence-electron chi connectivity index (χ3n) is 3.41. The van der Waals surface area contributed by atoms with Crippen LogP contribution in [0.3, 0.4) is 0 Å².